The van der Waals surface area contributed by atoms with Crippen molar-refractivity contribution in [3.63, 3.8) is 0 Å². The van der Waals surface area contributed by atoms with Crippen LogP contribution in [-0.4, -0.2) is 28.5 Å². The van der Waals surface area contributed by atoms with Gasteiger partial charge in [0.25, 0.3) is 0 Å². The van der Waals surface area contributed by atoms with E-state index in [-0.39, 0.29) is 5.60 Å². The van der Waals surface area contributed by atoms with E-state index < -0.39 is 0 Å². The van der Waals surface area contributed by atoms with Crippen molar-refractivity contribution < 1.29 is 4.74 Å². The molecule has 1 aromatic heterocycles. The Kier molecular flexibility index (Phi) is 6.17. The zero-order valence-corrected chi connectivity index (χ0v) is 13.8. The molecule has 5 nitrogen and oxygen atoms in total. The molecule has 1 heterocycles. The van der Waals surface area contributed by atoms with Gasteiger partial charge < -0.3 is 4.74 Å². The number of hydrazine groups is 1. The van der Waals surface area contributed by atoms with E-state index in [1.807, 2.05) is 11.7 Å². The van der Waals surface area contributed by atoms with Gasteiger partial charge in [-0.15, -0.1) is 0 Å². The molecule has 0 saturated carbocycles. The molecule has 5 heteroatoms. The molecule has 0 radical (unpaired) electrons. The predicted molar refractivity (Wildman–Crippen MR) is 82.4 cm³/mol. The highest BCUT2D eigenvalue weighted by Gasteiger charge is 2.19. The van der Waals surface area contributed by atoms with Crippen LogP contribution < -0.4 is 11.3 Å². The van der Waals surface area contributed by atoms with Crippen LogP contribution in [0.4, 0.5) is 0 Å². The minimum atomic E-state index is -0.0881. The molecule has 116 valence electrons. The van der Waals surface area contributed by atoms with Gasteiger partial charge in [0.05, 0.1) is 11.3 Å². The van der Waals surface area contributed by atoms with Gasteiger partial charge in [0.1, 0.15) is 0 Å². The Morgan fingerprint density at radius 3 is 2.45 bits per heavy atom. The van der Waals surface area contributed by atoms with Crippen LogP contribution in [0.3, 0.4) is 0 Å². The van der Waals surface area contributed by atoms with E-state index in [1.54, 1.807) is 7.11 Å². The van der Waals surface area contributed by atoms with Crippen LogP contribution in [0.5, 0.6) is 0 Å². The summed E-state index contributed by atoms with van der Waals surface area (Å²) in [6, 6.07) is 0.309. The van der Waals surface area contributed by atoms with E-state index in [0.717, 1.165) is 31.4 Å². The lowest BCUT2D eigenvalue weighted by atomic mass is 9.95. The first kappa shape index (κ1) is 17.1. The number of nitrogens with zero attached hydrogens (tertiary/aromatic N) is 2. The van der Waals surface area contributed by atoms with Gasteiger partial charge in [0.15, 0.2) is 0 Å². The number of nitrogens with one attached hydrogen (secondary N) is 1. The van der Waals surface area contributed by atoms with Gasteiger partial charge in [-0.3, -0.25) is 16.0 Å². The Morgan fingerprint density at radius 1 is 1.35 bits per heavy atom. The van der Waals surface area contributed by atoms with E-state index in [9.17, 15) is 0 Å². The average Bonchev–Trinajstić information content (AvgIpc) is 2.64. The van der Waals surface area contributed by atoms with E-state index in [1.165, 1.54) is 11.3 Å². The molecule has 0 aliphatic carbocycles. The molecule has 0 spiro atoms. The first-order valence-electron chi connectivity index (χ1n) is 7.31. The molecule has 0 saturated heterocycles. The molecule has 0 aliphatic rings. The van der Waals surface area contributed by atoms with Crippen LogP contribution in [-0.2, 0) is 18.2 Å². The van der Waals surface area contributed by atoms with Crippen molar-refractivity contribution in [3.8, 4) is 0 Å². The monoisotopic (exact) mass is 282 g/mol. The number of nitrogens with two attached hydrogens (primary N) is 1. The third-order valence-corrected chi connectivity index (χ3v) is 4.28. The summed E-state index contributed by atoms with van der Waals surface area (Å²) in [5.41, 5.74) is 6.56. The fraction of sp³-hybridized carbons (Fsp3) is 0.800. The Balaban J connectivity index is 2.53. The van der Waals surface area contributed by atoms with Gasteiger partial charge in [0.2, 0.25) is 0 Å². The summed E-state index contributed by atoms with van der Waals surface area (Å²) >= 11 is 0. The summed E-state index contributed by atoms with van der Waals surface area (Å²) in [5, 5.41) is 4.46. The first-order valence-corrected chi connectivity index (χ1v) is 7.31. The molecule has 0 aliphatic heterocycles. The molecule has 0 fully saturated rings. The van der Waals surface area contributed by atoms with Crippen LogP contribution >= 0.6 is 0 Å². The van der Waals surface area contributed by atoms with Crippen LogP contribution in [0.25, 0.3) is 0 Å². The topological polar surface area (TPSA) is 65.1 Å². The van der Waals surface area contributed by atoms with Crippen molar-refractivity contribution in [3.05, 3.63) is 17.0 Å². The number of hydrogen-bond donors (Lipinski definition) is 2. The van der Waals surface area contributed by atoms with Gasteiger partial charge in [-0.1, -0.05) is 0 Å². The van der Waals surface area contributed by atoms with Gasteiger partial charge in [-0.25, -0.2) is 0 Å². The third-order valence-electron chi connectivity index (χ3n) is 4.28. The molecular weight excluding hydrogens is 252 g/mol. The fourth-order valence-electron chi connectivity index (χ4n) is 2.43. The van der Waals surface area contributed by atoms with Crippen LogP contribution in [0, 0.1) is 13.8 Å². The first-order chi connectivity index (χ1) is 9.30. The van der Waals surface area contributed by atoms with Crippen molar-refractivity contribution in [2.75, 3.05) is 7.11 Å². The van der Waals surface area contributed by atoms with E-state index in [2.05, 4.69) is 38.2 Å². The summed E-state index contributed by atoms with van der Waals surface area (Å²) in [4.78, 5) is 0. The molecule has 1 aromatic rings. The fourth-order valence-corrected chi connectivity index (χ4v) is 2.43. The predicted octanol–water partition coefficient (Wildman–Crippen LogP) is 2.01. The van der Waals surface area contributed by atoms with Gasteiger partial charge in [-0.05, 0) is 58.9 Å². The maximum atomic E-state index is 5.68. The average molecular weight is 282 g/mol. The van der Waals surface area contributed by atoms with E-state index in [4.69, 9.17) is 10.6 Å². The second-order valence-electron chi connectivity index (χ2n) is 6.18. The number of hydrogen-bond acceptors (Lipinski definition) is 4. The van der Waals surface area contributed by atoms with Crippen molar-refractivity contribution >= 4 is 0 Å². The number of rotatable bonds is 8. The molecule has 1 rings (SSSR count). The highest BCUT2D eigenvalue weighted by atomic mass is 16.5. The second-order valence-corrected chi connectivity index (χ2v) is 6.18. The zero-order valence-electron chi connectivity index (χ0n) is 13.8. The Morgan fingerprint density at radius 2 is 2.00 bits per heavy atom. The maximum Gasteiger partial charge on any atom is 0.0628 e. The summed E-state index contributed by atoms with van der Waals surface area (Å²) in [5.74, 6) is 5.68. The lowest BCUT2D eigenvalue weighted by Gasteiger charge is -2.25. The summed E-state index contributed by atoms with van der Waals surface area (Å²) in [7, 11) is 3.75. The Bertz CT molecular complexity index is 426. The van der Waals surface area contributed by atoms with Crippen molar-refractivity contribution in [1.29, 1.82) is 0 Å². The largest absolute Gasteiger partial charge is 0.379 e. The van der Waals surface area contributed by atoms with Gasteiger partial charge >= 0.3 is 0 Å². The molecule has 0 aromatic carbocycles. The zero-order chi connectivity index (χ0) is 15.3. The number of ether oxygens (including phenoxy) is 1. The van der Waals surface area contributed by atoms with Crippen molar-refractivity contribution in [1.82, 2.24) is 15.2 Å². The Hall–Kier alpha value is -0.910. The van der Waals surface area contributed by atoms with Crippen molar-refractivity contribution in [2.45, 2.75) is 65.0 Å². The molecule has 0 amide bonds. The van der Waals surface area contributed by atoms with Crippen LogP contribution in [0.1, 0.15) is 50.1 Å². The molecule has 1 unspecified atom stereocenters. The lowest BCUT2D eigenvalue weighted by molar-refractivity contribution is 0.0115. The third kappa shape index (κ3) is 4.58. The minimum Gasteiger partial charge on any atom is -0.379 e. The molecule has 0 bridgehead atoms. The molecule has 20 heavy (non-hydrogen) atoms. The second kappa shape index (κ2) is 7.20. The SMILES string of the molecule is COC(C)(C)CCC(CCc1c(C)nn(C)c1C)NN. The highest BCUT2D eigenvalue weighted by molar-refractivity contribution is 5.24. The number of methoxy groups -OCH3 is 1. The normalized spacial score (nSPS) is 13.8. The number of aryl methyl sites for hydroxylation is 2. The summed E-state index contributed by atoms with van der Waals surface area (Å²) in [6.45, 7) is 8.40. The Labute approximate surface area is 122 Å². The molecular formula is C15H30N4O. The standard InChI is InChI=1S/C15H30N4O/c1-11-14(12(2)19(5)18-11)8-7-13(17-16)9-10-15(3,4)20-6/h13,17H,7-10,16H2,1-6H3. The summed E-state index contributed by atoms with van der Waals surface area (Å²) < 4.78 is 7.40. The van der Waals surface area contributed by atoms with Crippen LogP contribution in [0.15, 0.2) is 0 Å². The van der Waals surface area contributed by atoms with E-state index in [0.29, 0.717) is 6.04 Å². The maximum absolute atomic E-state index is 5.68. The van der Waals surface area contributed by atoms with E-state index >= 15 is 0 Å². The molecule has 3 N–H and O–H groups in total. The lowest BCUT2D eigenvalue weighted by Crippen LogP contribution is -2.37. The quantitative estimate of drug-likeness (QED) is 0.565. The molecule has 1 atom stereocenters. The highest BCUT2D eigenvalue weighted by Crippen LogP contribution is 2.20. The van der Waals surface area contributed by atoms with Gasteiger partial charge in [0, 0.05) is 25.9 Å². The minimum absolute atomic E-state index is 0.0881. The number of aromatic nitrogens is 2. The summed E-state index contributed by atoms with van der Waals surface area (Å²) in [6.07, 6.45) is 4.02. The van der Waals surface area contributed by atoms with Crippen LogP contribution in [0.2, 0.25) is 0 Å². The van der Waals surface area contributed by atoms with Crippen molar-refractivity contribution in [2.24, 2.45) is 12.9 Å². The smallest absolute Gasteiger partial charge is 0.0628 e. The van der Waals surface area contributed by atoms with Gasteiger partial charge in [-0.2, -0.15) is 5.10 Å².